The first-order valence-electron chi connectivity index (χ1n) is 8.59. The Hall–Kier alpha value is -2.60. The van der Waals surface area contributed by atoms with E-state index in [1.54, 1.807) is 42.6 Å². The summed E-state index contributed by atoms with van der Waals surface area (Å²) in [7, 11) is 0. The molecule has 144 valence electrons. The lowest BCUT2D eigenvalue weighted by Crippen LogP contribution is -2.13. The predicted octanol–water partition coefficient (Wildman–Crippen LogP) is 7.33. The van der Waals surface area contributed by atoms with Gasteiger partial charge in [0.2, 0.25) is 5.89 Å². The Morgan fingerprint density at radius 3 is 2.48 bits per heavy atom. The largest absolute Gasteiger partial charge is 0.436 e. The standard InChI is InChI=1S/C22H13BrCl2N2O2/c23-14-7-5-13(6-8-14)20-12-26-22(29-20)17-4-2-1-3-16(17)21(28)27-15-9-10-18(24)19(25)11-15/h1-12H,(H,27,28). The summed E-state index contributed by atoms with van der Waals surface area (Å²) >= 11 is 15.4. The molecule has 0 aliphatic carbocycles. The average molecular weight is 488 g/mol. The van der Waals surface area contributed by atoms with E-state index in [1.165, 1.54) is 0 Å². The van der Waals surface area contributed by atoms with Crippen LogP contribution in [0.3, 0.4) is 0 Å². The summed E-state index contributed by atoms with van der Waals surface area (Å²) in [6.45, 7) is 0. The van der Waals surface area contributed by atoms with E-state index in [4.69, 9.17) is 27.6 Å². The maximum absolute atomic E-state index is 12.9. The number of aromatic nitrogens is 1. The van der Waals surface area contributed by atoms with Crippen LogP contribution in [0.2, 0.25) is 10.0 Å². The average Bonchev–Trinajstić information content (AvgIpc) is 3.21. The van der Waals surface area contributed by atoms with Crippen LogP contribution in [0.4, 0.5) is 5.69 Å². The van der Waals surface area contributed by atoms with Gasteiger partial charge >= 0.3 is 0 Å². The van der Waals surface area contributed by atoms with Crippen molar-refractivity contribution in [1.29, 1.82) is 0 Å². The molecule has 0 radical (unpaired) electrons. The number of anilines is 1. The molecule has 0 aliphatic rings. The molecule has 3 aromatic carbocycles. The number of benzene rings is 3. The van der Waals surface area contributed by atoms with Crippen LogP contribution >= 0.6 is 39.1 Å². The van der Waals surface area contributed by atoms with Crippen molar-refractivity contribution in [3.8, 4) is 22.8 Å². The molecule has 4 aromatic rings. The second-order valence-electron chi connectivity index (χ2n) is 6.17. The zero-order valence-electron chi connectivity index (χ0n) is 14.8. The van der Waals surface area contributed by atoms with E-state index in [0.29, 0.717) is 38.5 Å². The molecule has 0 spiro atoms. The molecule has 29 heavy (non-hydrogen) atoms. The highest BCUT2D eigenvalue weighted by Crippen LogP contribution is 2.30. The number of nitrogens with zero attached hydrogens (tertiary/aromatic N) is 1. The van der Waals surface area contributed by atoms with E-state index < -0.39 is 0 Å². The van der Waals surface area contributed by atoms with Crippen LogP contribution in [0.15, 0.2) is 81.8 Å². The van der Waals surface area contributed by atoms with E-state index in [9.17, 15) is 4.79 Å². The van der Waals surface area contributed by atoms with E-state index in [0.717, 1.165) is 10.0 Å². The van der Waals surface area contributed by atoms with Crippen molar-refractivity contribution >= 4 is 50.7 Å². The van der Waals surface area contributed by atoms with Gasteiger partial charge in [0, 0.05) is 21.3 Å². The molecule has 0 fully saturated rings. The first kappa shape index (κ1) is 19.7. The molecule has 4 nitrogen and oxygen atoms in total. The Balaban J connectivity index is 1.64. The zero-order chi connectivity index (χ0) is 20.4. The number of nitrogens with one attached hydrogen (secondary N) is 1. The van der Waals surface area contributed by atoms with E-state index in [-0.39, 0.29) is 5.91 Å². The van der Waals surface area contributed by atoms with Crippen molar-refractivity contribution in [2.45, 2.75) is 0 Å². The molecule has 4 rings (SSSR count). The summed E-state index contributed by atoms with van der Waals surface area (Å²) in [5.41, 5.74) is 2.46. The zero-order valence-corrected chi connectivity index (χ0v) is 17.9. The normalized spacial score (nSPS) is 10.7. The molecule has 1 aromatic heterocycles. The van der Waals surface area contributed by atoms with Gasteiger partial charge in [-0.25, -0.2) is 4.98 Å². The smallest absolute Gasteiger partial charge is 0.256 e. The number of oxazole rings is 1. The fourth-order valence-electron chi connectivity index (χ4n) is 2.79. The lowest BCUT2D eigenvalue weighted by molar-refractivity contribution is 0.102. The third kappa shape index (κ3) is 4.37. The summed E-state index contributed by atoms with van der Waals surface area (Å²) in [6.07, 6.45) is 1.65. The van der Waals surface area contributed by atoms with Crippen LogP contribution in [0.5, 0.6) is 0 Å². The van der Waals surface area contributed by atoms with Crippen molar-refractivity contribution in [2.24, 2.45) is 0 Å². The predicted molar refractivity (Wildman–Crippen MR) is 119 cm³/mol. The Bertz CT molecular complexity index is 1190. The van der Waals surface area contributed by atoms with Gasteiger partial charge in [-0.2, -0.15) is 0 Å². The van der Waals surface area contributed by atoms with Gasteiger partial charge in [0.1, 0.15) is 0 Å². The first-order valence-corrected chi connectivity index (χ1v) is 10.1. The van der Waals surface area contributed by atoms with Gasteiger partial charge in [-0.05, 0) is 42.5 Å². The quantitative estimate of drug-likeness (QED) is 0.327. The third-order valence-electron chi connectivity index (χ3n) is 4.21. The molecule has 1 heterocycles. The monoisotopic (exact) mass is 486 g/mol. The van der Waals surface area contributed by atoms with Crippen LogP contribution < -0.4 is 5.32 Å². The highest BCUT2D eigenvalue weighted by atomic mass is 79.9. The number of rotatable bonds is 4. The molecule has 1 N–H and O–H groups in total. The molecule has 7 heteroatoms. The Kier molecular flexibility index (Phi) is 5.72. The Morgan fingerprint density at radius 1 is 0.966 bits per heavy atom. The van der Waals surface area contributed by atoms with E-state index in [1.807, 2.05) is 30.3 Å². The number of halogens is 3. The number of hydrogen-bond donors (Lipinski definition) is 1. The van der Waals surface area contributed by atoms with Gasteiger partial charge in [0.05, 0.1) is 21.8 Å². The van der Waals surface area contributed by atoms with Crippen LogP contribution in [-0.4, -0.2) is 10.9 Å². The van der Waals surface area contributed by atoms with Crippen molar-refractivity contribution in [3.05, 3.63) is 93.0 Å². The summed E-state index contributed by atoms with van der Waals surface area (Å²) in [4.78, 5) is 17.2. The number of amides is 1. The highest BCUT2D eigenvalue weighted by molar-refractivity contribution is 9.10. The van der Waals surface area contributed by atoms with Crippen LogP contribution in [0.25, 0.3) is 22.8 Å². The Morgan fingerprint density at radius 2 is 1.72 bits per heavy atom. The fraction of sp³-hybridized carbons (Fsp3) is 0. The number of hydrogen-bond acceptors (Lipinski definition) is 3. The summed E-state index contributed by atoms with van der Waals surface area (Å²) < 4.78 is 6.90. The second kappa shape index (κ2) is 8.41. The van der Waals surface area contributed by atoms with Gasteiger partial charge in [0.15, 0.2) is 5.76 Å². The molecule has 0 saturated carbocycles. The van der Waals surface area contributed by atoms with Crippen molar-refractivity contribution < 1.29 is 9.21 Å². The van der Waals surface area contributed by atoms with Crippen molar-refractivity contribution in [2.75, 3.05) is 5.32 Å². The summed E-state index contributed by atoms with van der Waals surface area (Å²) in [5.74, 6) is 0.678. The maximum Gasteiger partial charge on any atom is 0.256 e. The topological polar surface area (TPSA) is 55.1 Å². The molecule has 0 atom stereocenters. The van der Waals surface area contributed by atoms with Crippen LogP contribution in [-0.2, 0) is 0 Å². The fourth-order valence-corrected chi connectivity index (χ4v) is 3.35. The van der Waals surface area contributed by atoms with Gasteiger partial charge in [-0.1, -0.05) is 63.4 Å². The molecular formula is C22H13BrCl2N2O2. The molecule has 0 aliphatic heterocycles. The summed E-state index contributed by atoms with van der Waals surface area (Å²) in [6, 6.07) is 19.7. The van der Waals surface area contributed by atoms with Gasteiger partial charge in [0.25, 0.3) is 5.91 Å². The second-order valence-corrected chi connectivity index (χ2v) is 7.90. The molecule has 0 unspecified atom stereocenters. The van der Waals surface area contributed by atoms with Gasteiger partial charge < -0.3 is 9.73 Å². The summed E-state index contributed by atoms with van der Waals surface area (Å²) in [5, 5.41) is 3.61. The van der Waals surface area contributed by atoms with Crippen molar-refractivity contribution in [3.63, 3.8) is 0 Å². The third-order valence-corrected chi connectivity index (χ3v) is 5.48. The first-order chi connectivity index (χ1) is 14.0. The molecule has 0 bridgehead atoms. The Labute approximate surface area is 185 Å². The number of carbonyl (C=O) groups is 1. The lowest BCUT2D eigenvalue weighted by atomic mass is 10.1. The lowest BCUT2D eigenvalue weighted by Gasteiger charge is -2.09. The van der Waals surface area contributed by atoms with E-state index >= 15 is 0 Å². The van der Waals surface area contributed by atoms with Gasteiger partial charge in [-0.15, -0.1) is 0 Å². The van der Waals surface area contributed by atoms with Gasteiger partial charge in [-0.3, -0.25) is 4.79 Å². The molecule has 1 amide bonds. The highest BCUT2D eigenvalue weighted by Gasteiger charge is 2.17. The number of carbonyl (C=O) groups excluding carboxylic acids is 1. The van der Waals surface area contributed by atoms with E-state index in [2.05, 4.69) is 26.2 Å². The minimum absolute atomic E-state index is 0.303. The minimum atomic E-state index is -0.303. The maximum atomic E-state index is 12.9. The van der Waals surface area contributed by atoms with Crippen LogP contribution in [0, 0.1) is 0 Å². The molecule has 0 saturated heterocycles. The van der Waals surface area contributed by atoms with Crippen molar-refractivity contribution in [1.82, 2.24) is 4.98 Å². The SMILES string of the molecule is O=C(Nc1ccc(Cl)c(Cl)c1)c1ccccc1-c1ncc(-c2ccc(Br)cc2)o1. The van der Waals surface area contributed by atoms with Crippen LogP contribution in [0.1, 0.15) is 10.4 Å². The molecular weight excluding hydrogens is 475 g/mol. The minimum Gasteiger partial charge on any atom is -0.436 e.